The van der Waals surface area contributed by atoms with Gasteiger partial charge in [0.25, 0.3) is 0 Å². The molecule has 0 spiro atoms. The number of halogens is 1. The number of hydrogen-bond donors (Lipinski definition) is 2. The van der Waals surface area contributed by atoms with E-state index in [0.29, 0.717) is 12.3 Å². The Labute approximate surface area is 187 Å². The van der Waals surface area contributed by atoms with E-state index in [1.54, 1.807) is 12.1 Å². The Hall–Kier alpha value is -1.86. The van der Waals surface area contributed by atoms with Crippen molar-refractivity contribution < 1.29 is 13.2 Å². The number of anilines is 1. The summed E-state index contributed by atoms with van der Waals surface area (Å²) in [5.74, 6) is 0. The number of ether oxygens (including phenoxy) is 1. The monoisotopic (exact) mass is 452 g/mol. The third-order valence-corrected chi connectivity index (χ3v) is 4.91. The van der Waals surface area contributed by atoms with Crippen LogP contribution in [0.5, 0.6) is 0 Å². The molecule has 2 aromatic rings. The molecule has 0 aliphatic carbocycles. The van der Waals surface area contributed by atoms with Gasteiger partial charge >= 0.3 is 0 Å². The van der Waals surface area contributed by atoms with E-state index in [1.165, 1.54) is 24.8 Å². The molecule has 2 aromatic carbocycles. The molecule has 2 rings (SSSR count). The maximum absolute atomic E-state index is 11.2. The van der Waals surface area contributed by atoms with E-state index >= 15 is 0 Å². The predicted octanol–water partition coefficient (Wildman–Crippen LogP) is 4.86. The second kappa shape index (κ2) is 15.0. The van der Waals surface area contributed by atoms with Gasteiger partial charge in [0.05, 0.1) is 12.9 Å². The molecule has 0 saturated heterocycles. The Balaban J connectivity index is 0.00000450. The lowest BCUT2D eigenvalue weighted by Crippen LogP contribution is -2.14. The van der Waals surface area contributed by atoms with Crippen molar-refractivity contribution in [1.29, 1.82) is 0 Å². The molecule has 0 aromatic heterocycles. The molecular weight excluding hydrogens is 420 g/mol. The van der Waals surface area contributed by atoms with Crippen LogP contribution in [0.4, 0.5) is 5.69 Å². The largest absolute Gasteiger partial charge is 0.377 e. The third-order valence-electron chi connectivity index (χ3n) is 4.30. The first-order chi connectivity index (χ1) is 14.0. The van der Waals surface area contributed by atoms with Crippen molar-refractivity contribution in [3.8, 4) is 0 Å². The summed E-state index contributed by atoms with van der Waals surface area (Å²) in [6.07, 6.45) is 9.77. The molecule has 7 heteroatoms. The summed E-state index contributed by atoms with van der Waals surface area (Å²) in [5, 5.41) is 3.48. The molecule has 30 heavy (non-hydrogen) atoms. The highest BCUT2D eigenvalue weighted by molar-refractivity contribution is 7.92. The van der Waals surface area contributed by atoms with E-state index in [9.17, 15) is 8.42 Å². The molecule has 166 valence electrons. The lowest BCUT2D eigenvalue weighted by atomic mass is 10.2. The minimum atomic E-state index is -3.23. The predicted molar refractivity (Wildman–Crippen MR) is 129 cm³/mol. The molecule has 0 aliphatic rings. The first-order valence-electron chi connectivity index (χ1n) is 10.1. The number of unbranched alkanes of at least 4 members (excludes halogenated alkanes) is 3. The summed E-state index contributed by atoms with van der Waals surface area (Å²) in [6.45, 7) is 3.35. The van der Waals surface area contributed by atoms with Crippen LogP contribution in [-0.2, 0) is 21.3 Å². The Bertz CT molecular complexity index is 825. The van der Waals surface area contributed by atoms with Crippen molar-refractivity contribution in [2.75, 3.05) is 30.7 Å². The zero-order valence-electron chi connectivity index (χ0n) is 17.5. The number of nitrogens with one attached hydrogen (secondary N) is 2. The van der Waals surface area contributed by atoms with Crippen LogP contribution in [0.15, 0.2) is 60.7 Å². The summed E-state index contributed by atoms with van der Waals surface area (Å²) in [7, 11) is -3.23. The normalized spacial score (nSPS) is 11.4. The first kappa shape index (κ1) is 26.2. The molecular formula is C23H33ClN2O3S. The fourth-order valence-electron chi connectivity index (χ4n) is 2.85. The maximum Gasteiger partial charge on any atom is 0.229 e. The second-order valence-corrected chi connectivity index (χ2v) is 8.80. The quantitative estimate of drug-likeness (QED) is 0.401. The molecule has 0 bridgehead atoms. The zero-order valence-corrected chi connectivity index (χ0v) is 19.2. The Kier molecular flexibility index (Phi) is 13.1. The van der Waals surface area contributed by atoms with Crippen LogP contribution in [0.2, 0.25) is 0 Å². The van der Waals surface area contributed by atoms with Crippen LogP contribution < -0.4 is 10.0 Å². The summed E-state index contributed by atoms with van der Waals surface area (Å²) < 4.78 is 30.4. The molecule has 0 fully saturated rings. The number of hydrogen-bond acceptors (Lipinski definition) is 4. The van der Waals surface area contributed by atoms with E-state index in [1.807, 2.05) is 30.4 Å². The summed E-state index contributed by atoms with van der Waals surface area (Å²) in [5.41, 5.74) is 2.90. The lowest BCUT2D eigenvalue weighted by molar-refractivity contribution is 0.157. The van der Waals surface area contributed by atoms with E-state index in [-0.39, 0.29) is 12.4 Å². The highest BCUT2D eigenvalue weighted by atomic mass is 35.5. The average molecular weight is 453 g/mol. The number of sulfonamides is 1. The summed E-state index contributed by atoms with van der Waals surface area (Å²) in [6, 6.07) is 17.7. The highest BCUT2D eigenvalue weighted by Crippen LogP contribution is 2.12. The number of rotatable bonds is 14. The van der Waals surface area contributed by atoms with Gasteiger partial charge < -0.3 is 10.1 Å². The molecule has 0 unspecified atom stereocenters. The third kappa shape index (κ3) is 12.6. The molecule has 0 saturated carbocycles. The second-order valence-electron chi connectivity index (χ2n) is 7.05. The Morgan fingerprint density at radius 1 is 0.933 bits per heavy atom. The van der Waals surface area contributed by atoms with E-state index in [4.69, 9.17) is 4.74 Å². The fraction of sp³-hybridized carbons (Fsp3) is 0.391. The van der Waals surface area contributed by atoms with Crippen molar-refractivity contribution in [2.24, 2.45) is 0 Å². The topological polar surface area (TPSA) is 67.4 Å². The Morgan fingerprint density at radius 2 is 1.63 bits per heavy atom. The molecule has 0 amide bonds. The van der Waals surface area contributed by atoms with E-state index in [0.717, 1.165) is 37.9 Å². The van der Waals surface area contributed by atoms with Gasteiger partial charge in [-0.2, -0.15) is 0 Å². The zero-order chi connectivity index (χ0) is 20.8. The van der Waals surface area contributed by atoms with E-state index < -0.39 is 10.0 Å². The van der Waals surface area contributed by atoms with Crippen molar-refractivity contribution in [3.05, 3.63) is 71.8 Å². The molecule has 0 atom stereocenters. The standard InChI is InChI=1S/C23H32N2O3S.ClH/c1-29(26,27)25-23-15-13-21(14-16-23)12-9-19-28-18-8-3-2-7-17-24-20-22-10-5-4-6-11-22;/h4-6,9-16,24-25H,2-3,7-8,17-20H2,1H3;1H/b12-9-;. The maximum atomic E-state index is 11.2. The van der Waals surface area contributed by atoms with Gasteiger partial charge in [0.1, 0.15) is 0 Å². The van der Waals surface area contributed by atoms with E-state index in [2.05, 4.69) is 34.3 Å². The van der Waals surface area contributed by atoms with Crippen LogP contribution in [0.1, 0.15) is 36.8 Å². The van der Waals surface area contributed by atoms with Crippen molar-refractivity contribution in [2.45, 2.75) is 32.2 Å². The van der Waals surface area contributed by atoms with Gasteiger partial charge in [0.15, 0.2) is 0 Å². The summed E-state index contributed by atoms with van der Waals surface area (Å²) in [4.78, 5) is 0. The average Bonchev–Trinajstić information content (AvgIpc) is 2.70. The van der Waals surface area contributed by atoms with Crippen LogP contribution in [0.3, 0.4) is 0 Å². The van der Waals surface area contributed by atoms with Crippen molar-refractivity contribution >= 4 is 34.2 Å². The minimum Gasteiger partial charge on any atom is -0.377 e. The summed E-state index contributed by atoms with van der Waals surface area (Å²) >= 11 is 0. The van der Waals surface area contributed by atoms with Gasteiger partial charge in [-0.15, -0.1) is 12.4 Å². The first-order valence-corrected chi connectivity index (χ1v) is 12.0. The molecule has 5 nitrogen and oxygen atoms in total. The number of benzene rings is 2. The van der Waals surface area contributed by atoms with Crippen LogP contribution in [0, 0.1) is 0 Å². The fourth-order valence-corrected chi connectivity index (χ4v) is 3.41. The van der Waals surface area contributed by atoms with Gasteiger partial charge in [-0.3, -0.25) is 4.72 Å². The van der Waals surface area contributed by atoms with Gasteiger partial charge in [0, 0.05) is 18.8 Å². The van der Waals surface area contributed by atoms with Crippen molar-refractivity contribution in [1.82, 2.24) is 5.32 Å². The van der Waals surface area contributed by atoms with Gasteiger partial charge in [-0.25, -0.2) is 8.42 Å². The smallest absolute Gasteiger partial charge is 0.229 e. The molecule has 0 aliphatic heterocycles. The van der Waals surface area contributed by atoms with Gasteiger partial charge in [-0.05, 0) is 42.6 Å². The molecule has 2 N–H and O–H groups in total. The van der Waals surface area contributed by atoms with Crippen molar-refractivity contribution in [3.63, 3.8) is 0 Å². The van der Waals surface area contributed by atoms with Gasteiger partial charge in [-0.1, -0.05) is 67.5 Å². The minimum absolute atomic E-state index is 0. The van der Waals surface area contributed by atoms with Crippen LogP contribution in [0.25, 0.3) is 6.08 Å². The lowest BCUT2D eigenvalue weighted by Gasteiger charge is -2.05. The Morgan fingerprint density at radius 3 is 2.33 bits per heavy atom. The van der Waals surface area contributed by atoms with Crippen LogP contribution in [-0.4, -0.2) is 34.4 Å². The SMILES string of the molecule is CS(=O)(=O)Nc1ccc(/C=C\COCCCCCCNCc2ccccc2)cc1.Cl. The molecule has 0 radical (unpaired) electrons. The van der Waals surface area contributed by atoms with Gasteiger partial charge in [0.2, 0.25) is 10.0 Å². The highest BCUT2D eigenvalue weighted by Gasteiger charge is 2.00. The molecule has 0 heterocycles. The van der Waals surface area contributed by atoms with Crippen LogP contribution >= 0.6 is 12.4 Å².